The third-order valence-corrected chi connectivity index (χ3v) is 6.56. The SMILES string of the molecule is CCCCCC(O)CC(=O)CCc1ccc(O)c(OCn2cc3[nH]cc(Cc4ccccc4)c3c2)c1. The van der Waals surface area contributed by atoms with E-state index in [1.165, 1.54) is 11.1 Å². The molecule has 0 fully saturated rings. The van der Waals surface area contributed by atoms with Gasteiger partial charge in [0.05, 0.1) is 11.6 Å². The molecular formula is C30H36N2O4. The summed E-state index contributed by atoms with van der Waals surface area (Å²) >= 11 is 0. The number of phenols is 1. The van der Waals surface area contributed by atoms with Gasteiger partial charge < -0.3 is 24.5 Å². The summed E-state index contributed by atoms with van der Waals surface area (Å²) in [4.78, 5) is 15.6. The van der Waals surface area contributed by atoms with Crippen molar-refractivity contribution in [1.29, 1.82) is 0 Å². The zero-order valence-corrected chi connectivity index (χ0v) is 21.0. The first kappa shape index (κ1) is 25.6. The van der Waals surface area contributed by atoms with E-state index >= 15 is 0 Å². The van der Waals surface area contributed by atoms with Crippen LogP contribution in [0, 0.1) is 0 Å². The highest BCUT2D eigenvalue weighted by atomic mass is 16.5. The highest BCUT2D eigenvalue weighted by Crippen LogP contribution is 2.29. The number of nitrogens with zero attached hydrogens (tertiary/aromatic N) is 1. The summed E-state index contributed by atoms with van der Waals surface area (Å²) in [5.41, 5.74) is 4.44. The maximum absolute atomic E-state index is 12.3. The molecule has 4 aromatic rings. The van der Waals surface area contributed by atoms with E-state index in [9.17, 15) is 15.0 Å². The lowest BCUT2D eigenvalue weighted by atomic mass is 10.0. The third kappa shape index (κ3) is 7.01. The molecule has 6 nitrogen and oxygen atoms in total. The van der Waals surface area contributed by atoms with E-state index in [0.29, 0.717) is 25.0 Å². The smallest absolute Gasteiger partial charge is 0.165 e. The van der Waals surface area contributed by atoms with Crippen molar-refractivity contribution in [2.45, 2.75) is 71.1 Å². The summed E-state index contributed by atoms with van der Waals surface area (Å²) in [6, 6.07) is 15.6. The van der Waals surface area contributed by atoms with Crippen molar-refractivity contribution in [1.82, 2.24) is 9.55 Å². The molecule has 6 heteroatoms. The number of hydrogen-bond acceptors (Lipinski definition) is 4. The summed E-state index contributed by atoms with van der Waals surface area (Å²) in [5, 5.41) is 21.5. The summed E-state index contributed by atoms with van der Waals surface area (Å²) in [6.45, 7) is 2.38. The predicted molar refractivity (Wildman–Crippen MR) is 142 cm³/mol. The number of Topliss-reactive ketones (excluding diaryl/α,β-unsaturated/α-hetero) is 1. The molecule has 2 aromatic carbocycles. The Morgan fingerprint density at radius 3 is 2.72 bits per heavy atom. The number of ether oxygens (including phenoxy) is 1. The number of benzene rings is 2. The first-order valence-corrected chi connectivity index (χ1v) is 12.9. The first-order valence-electron chi connectivity index (χ1n) is 12.9. The van der Waals surface area contributed by atoms with Gasteiger partial charge in [-0.25, -0.2) is 0 Å². The molecule has 0 aliphatic carbocycles. The Labute approximate surface area is 212 Å². The average molecular weight is 489 g/mol. The lowest BCUT2D eigenvalue weighted by molar-refractivity contribution is -0.121. The molecule has 1 atom stereocenters. The molecule has 0 aliphatic heterocycles. The molecule has 36 heavy (non-hydrogen) atoms. The molecule has 0 saturated carbocycles. The summed E-state index contributed by atoms with van der Waals surface area (Å²) in [5.74, 6) is 0.517. The number of aromatic amines is 1. The van der Waals surface area contributed by atoms with E-state index in [1.54, 1.807) is 12.1 Å². The van der Waals surface area contributed by atoms with Crippen molar-refractivity contribution in [3.05, 3.63) is 83.8 Å². The summed E-state index contributed by atoms with van der Waals surface area (Å²) < 4.78 is 7.87. The minimum Gasteiger partial charge on any atom is -0.504 e. The Balaban J connectivity index is 1.31. The Kier molecular flexibility index (Phi) is 8.85. The number of rotatable bonds is 14. The number of carbonyl (C=O) groups excluding carboxylic acids is 1. The van der Waals surface area contributed by atoms with E-state index in [0.717, 1.165) is 42.1 Å². The van der Waals surface area contributed by atoms with Gasteiger partial charge in [-0.2, -0.15) is 0 Å². The molecule has 0 spiro atoms. The van der Waals surface area contributed by atoms with Crippen LogP contribution in [0.5, 0.6) is 11.5 Å². The monoisotopic (exact) mass is 488 g/mol. The highest BCUT2D eigenvalue weighted by Gasteiger charge is 2.13. The Morgan fingerprint density at radius 1 is 1.08 bits per heavy atom. The van der Waals surface area contributed by atoms with E-state index in [-0.39, 0.29) is 24.7 Å². The summed E-state index contributed by atoms with van der Waals surface area (Å²) in [6.07, 6.45) is 11.3. The van der Waals surface area contributed by atoms with Crippen LogP contribution in [0.3, 0.4) is 0 Å². The molecule has 2 aromatic heterocycles. The van der Waals surface area contributed by atoms with Gasteiger partial charge in [-0.05, 0) is 48.1 Å². The number of aliphatic hydroxyl groups is 1. The fourth-order valence-corrected chi connectivity index (χ4v) is 4.51. The zero-order valence-electron chi connectivity index (χ0n) is 21.0. The number of fused-ring (bicyclic) bond motifs is 1. The van der Waals surface area contributed by atoms with Crippen LogP contribution in [-0.4, -0.2) is 31.7 Å². The first-order chi connectivity index (χ1) is 17.5. The average Bonchev–Trinajstić information content (AvgIpc) is 3.45. The van der Waals surface area contributed by atoms with E-state index in [4.69, 9.17) is 4.74 Å². The van der Waals surface area contributed by atoms with E-state index in [2.05, 4.69) is 30.2 Å². The quantitative estimate of drug-likeness (QED) is 0.186. The van der Waals surface area contributed by atoms with Gasteiger partial charge in [0.15, 0.2) is 18.2 Å². The van der Waals surface area contributed by atoms with Crippen molar-refractivity contribution in [3.63, 3.8) is 0 Å². The number of ketones is 1. The van der Waals surface area contributed by atoms with Crippen LogP contribution in [0.15, 0.2) is 67.1 Å². The van der Waals surface area contributed by atoms with E-state index < -0.39 is 6.10 Å². The molecule has 0 saturated heterocycles. The molecule has 1 unspecified atom stereocenters. The second-order valence-electron chi connectivity index (χ2n) is 9.54. The third-order valence-electron chi connectivity index (χ3n) is 6.56. The predicted octanol–water partition coefficient (Wildman–Crippen LogP) is 6.14. The number of nitrogens with one attached hydrogen (secondary N) is 1. The van der Waals surface area contributed by atoms with Crippen molar-refractivity contribution in [2.75, 3.05) is 0 Å². The topological polar surface area (TPSA) is 87.5 Å². The molecular weight excluding hydrogens is 452 g/mol. The van der Waals surface area contributed by atoms with Crippen LogP contribution in [-0.2, 0) is 24.4 Å². The second kappa shape index (κ2) is 12.5. The van der Waals surface area contributed by atoms with Gasteiger partial charge in [0.2, 0.25) is 0 Å². The largest absolute Gasteiger partial charge is 0.504 e. The Hall–Kier alpha value is -3.51. The van der Waals surface area contributed by atoms with Gasteiger partial charge in [0, 0.05) is 36.8 Å². The number of aromatic nitrogens is 2. The number of unbranched alkanes of at least 4 members (excludes halogenated alkanes) is 2. The standard InChI is InChI=1S/C30H36N2O4/c1-2-3-5-10-25(33)17-26(34)13-11-23-12-14-29(35)30(16-23)36-21-32-19-27-24(18-31-28(27)20-32)15-22-8-6-4-7-9-22/h4,6-9,12,14,16,18-20,25,31,33,35H,2-3,5,10-11,13,15,17,21H2,1H3. The van der Waals surface area contributed by atoms with Crippen LogP contribution in [0.1, 0.15) is 62.1 Å². The molecule has 0 amide bonds. The molecule has 2 heterocycles. The number of carbonyl (C=O) groups is 1. The van der Waals surface area contributed by atoms with Crippen LogP contribution >= 0.6 is 0 Å². The lowest BCUT2D eigenvalue weighted by Crippen LogP contribution is -2.14. The summed E-state index contributed by atoms with van der Waals surface area (Å²) in [7, 11) is 0. The number of aromatic hydroxyl groups is 1. The Morgan fingerprint density at radius 2 is 1.92 bits per heavy atom. The van der Waals surface area contributed by atoms with E-state index in [1.807, 2.05) is 41.2 Å². The van der Waals surface area contributed by atoms with Crippen molar-refractivity contribution >= 4 is 16.7 Å². The minimum atomic E-state index is -0.552. The second-order valence-corrected chi connectivity index (χ2v) is 9.54. The number of H-pyrrole nitrogens is 1. The van der Waals surface area contributed by atoms with Gasteiger partial charge >= 0.3 is 0 Å². The Bertz CT molecular complexity index is 1260. The fraction of sp³-hybridized carbons (Fsp3) is 0.367. The number of phenolic OH excluding ortho intramolecular Hbond substituents is 1. The zero-order chi connectivity index (χ0) is 25.3. The maximum Gasteiger partial charge on any atom is 0.165 e. The molecule has 0 aliphatic rings. The van der Waals surface area contributed by atoms with Crippen LogP contribution in [0.2, 0.25) is 0 Å². The van der Waals surface area contributed by atoms with Gasteiger partial charge in [0.1, 0.15) is 5.78 Å². The highest BCUT2D eigenvalue weighted by molar-refractivity contribution is 5.83. The van der Waals surface area contributed by atoms with Crippen molar-refractivity contribution in [3.8, 4) is 11.5 Å². The number of aliphatic hydroxyl groups excluding tert-OH is 1. The molecule has 190 valence electrons. The lowest BCUT2D eigenvalue weighted by Gasteiger charge is -2.11. The number of hydrogen-bond donors (Lipinski definition) is 3. The number of aryl methyl sites for hydroxylation is 1. The molecule has 0 bridgehead atoms. The molecule has 0 radical (unpaired) electrons. The van der Waals surface area contributed by atoms with Gasteiger partial charge in [-0.15, -0.1) is 0 Å². The van der Waals surface area contributed by atoms with Crippen LogP contribution < -0.4 is 4.74 Å². The molecule has 3 N–H and O–H groups in total. The van der Waals surface area contributed by atoms with Crippen LogP contribution in [0.25, 0.3) is 10.9 Å². The normalized spacial score (nSPS) is 12.2. The van der Waals surface area contributed by atoms with Gasteiger partial charge in [-0.3, -0.25) is 4.79 Å². The molecule has 4 rings (SSSR count). The van der Waals surface area contributed by atoms with Crippen molar-refractivity contribution < 1.29 is 19.7 Å². The minimum absolute atomic E-state index is 0.0586. The van der Waals surface area contributed by atoms with Crippen LogP contribution in [0.4, 0.5) is 0 Å². The fourth-order valence-electron chi connectivity index (χ4n) is 4.51. The van der Waals surface area contributed by atoms with Crippen molar-refractivity contribution in [2.24, 2.45) is 0 Å². The van der Waals surface area contributed by atoms with Gasteiger partial charge in [-0.1, -0.05) is 62.6 Å². The van der Waals surface area contributed by atoms with Gasteiger partial charge in [0.25, 0.3) is 0 Å². The maximum atomic E-state index is 12.3.